The normalized spacial score (nSPS) is 9.56. The second kappa shape index (κ2) is 5.91. The van der Waals surface area contributed by atoms with E-state index in [2.05, 4.69) is 19.8 Å². The number of amides is 1. The van der Waals surface area contributed by atoms with Crippen LogP contribution in [0.15, 0.2) is 6.20 Å². The number of primary amides is 1. The quantitative estimate of drug-likeness (QED) is 0.576. The number of esters is 1. The number of anilines is 1. The maximum Gasteiger partial charge on any atom is 0.404 e. The molecule has 1 aromatic heterocycles. The van der Waals surface area contributed by atoms with Crippen molar-refractivity contribution >= 4 is 28.5 Å². The molecule has 1 amide bonds. The Hall–Kier alpha value is -1.83. The Balaban J connectivity index is 2.35. The van der Waals surface area contributed by atoms with Crippen LogP contribution < -0.4 is 11.1 Å². The summed E-state index contributed by atoms with van der Waals surface area (Å²) in [4.78, 5) is 25.7. The van der Waals surface area contributed by atoms with Crippen molar-refractivity contribution in [2.24, 2.45) is 5.73 Å². The second-order valence-electron chi connectivity index (χ2n) is 2.62. The van der Waals surface area contributed by atoms with Gasteiger partial charge in [-0.25, -0.2) is 14.6 Å². The Kier molecular flexibility index (Phi) is 4.52. The molecule has 0 bridgehead atoms. The number of thiazole rings is 1. The van der Waals surface area contributed by atoms with Gasteiger partial charge in [-0.1, -0.05) is 11.3 Å². The lowest BCUT2D eigenvalue weighted by molar-refractivity contribution is 0.0606. The van der Waals surface area contributed by atoms with Crippen molar-refractivity contribution in [1.82, 2.24) is 4.98 Å². The fourth-order valence-corrected chi connectivity index (χ4v) is 1.62. The lowest BCUT2D eigenvalue weighted by atomic mass is 10.6. The van der Waals surface area contributed by atoms with Crippen LogP contribution in [0, 0.1) is 0 Å². The van der Waals surface area contributed by atoms with E-state index < -0.39 is 12.1 Å². The molecule has 1 heterocycles. The van der Waals surface area contributed by atoms with Crippen LogP contribution in [0.25, 0.3) is 0 Å². The molecule has 88 valence electrons. The van der Waals surface area contributed by atoms with Crippen LogP contribution in [-0.4, -0.2) is 37.3 Å². The Labute approximate surface area is 95.6 Å². The number of nitrogens with zero attached hydrogens (tertiary/aromatic N) is 1. The van der Waals surface area contributed by atoms with Gasteiger partial charge in [0.25, 0.3) is 0 Å². The number of nitrogens with one attached hydrogen (secondary N) is 1. The summed E-state index contributed by atoms with van der Waals surface area (Å²) in [5, 5.41) is 3.42. The van der Waals surface area contributed by atoms with Crippen molar-refractivity contribution in [3.8, 4) is 0 Å². The highest BCUT2D eigenvalue weighted by Gasteiger charge is 2.09. The molecule has 3 N–H and O–H groups in total. The van der Waals surface area contributed by atoms with Gasteiger partial charge in [-0.05, 0) is 0 Å². The molecule has 1 aromatic rings. The van der Waals surface area contributed by atoms with Crippen molar-refractivity contribution in [2.45, 2.75) is 0 Å². The van der Waals surface area contributed by atoms with E-state index in [0.717, 1.165) is 11.3 Å². The third-order valence-electron chi connectivity index (χ3n) is 1.51. The zero-order valence-corrected chi connectivity index (χ0v) is 9.37. The first-order valence-electron chi connectivity index (χ1n) is 4.33. The Morgan fingerprint density at radius 1 is 1.62 bits per heavy atom. The average Bonchev–Trinajstić information content (AvgIpc) is 2.71. The molecule has 0 aliphatic carbocycles. The summed E-state index contributed by atoms with van der Waals surface area (Å²) in [6.45, 7) is 0.513. The molecule has 0 saturated heterocycles. The monoisotopic (exact) mass is 245 g/mol. The topological polar surface area (TPSA) is 104 Å². The summed E-state index contributed by atoms with van der Waals surface area (Å²) in [7, 11) is 1.30. The van der Waals surface area contributed by atoms with Crippen LogP contribution in [-0.2, 0) is 9.47 Å². The summed E-state index contributed by atoms with van der Waals surface area (Å²) >= 11 is 1.16. The van der Waals surface area contributed by atoms with Gasteiger partial charge in [-0.3, -0.25) is 0 Å². The third kappa shape index (κ3) is 3.73. The van der Waals surface area contributed by atoms with Gasteiger partial charge in [0.15, 0.2) is 5.13 Å². The minimum atomic E-state index is -0.823. The molecular weight excluding hydrogens is 234 g/mol. The van der Waals surface area contributed by atoms with E-state index in [1.807, 2.05) is 0 Å². The van der Waals surface area contributed by atoms with E-state index in [9.17, 15) is 9.59 Å². The average molecular weight is 245 g/mol. The fourth-order valence-electron chi connectivity index (χ4n) is 0.860. The van der Waals surface area contributed by atoms with Crippen LogP contribution in [0.4, 0.5) is 9.93 Å². The highest BCUT2D eigenvalue weighted by atomic mass is 32.1. The molecule has 0 aliphatic heterocycles. The molecule has 0 unspecified atom stereocenters. The van der Waals surface area contributed by atoms with Crippen LogP contribution in [0.3, 0.4) is 0 Å². The fraction of sp³-hybridized carbons (Fsp3) is 0.375. The first-order valence-corrected chi connectivity index (χ1v) is 5.15. The Morgan fingerprint density at radius 2 is 2.38 bits per heavy atom. The van der Waals surface area contributed by atoms with Gasteiger partial charge in [0.2, 0.25) is 0 Å². The molecule has 0 aromatic carbocycles. The predicted molar refractivity (Wildman–Crippen MR) is 57.5 cm³/mol. The molecule has 8 heteroatoms. The summed E-state index contributed by atoms with van der Waals surface area (Å²) < 4.78 is 9.03. The van der Waals surface area contributed by atoms with E-state index in [-0.39, 0.29) is 6.61 Å². The number of hydrogen-bond acceptors (Lipinski definition) is 7. The van der Waals surface area contributed by atoms with Gasteiger partial charge in [0, 0.05) is 0 Å². The van der Waals surface area contributed by atoms with Crippen molar-refractivity contribution in [2.75, 3.05) is 25.6 Å². The molecule has 0 atom stereocenters. The van der Waals surface area contributed by atoms with E-state index in [0.29, 0.717) is 16.6 Å². The van der Waals surface area contributed by atoms with Gasteiger partial charge in [-0.15, -0.1) is 0 Å². The minimum Gasteiger partial charge on any atom is -0.465 e. The highest BCUT2D eigenvalue weighted by Crippen LogP contribution is 2.18. The van der Waals surface area contributed by atoms with E-state index in [1.165, 1.54) is 13.3 Å². The zero-order chi connectivity index (χ0) is 12.0. The smallest absolute Gasteiger partial charge is 0.404 e. The van der Waals surface area contributed by atoms with Crippen LogP contribution in [0.2, 0.25) is 0 Å². The summed E-state index contributed by atoms with van der Waals surface area (Å²) in [6.07, 6.45) is 0.588. The number of carbonyl (C=O) groups excluding carboxylic acids is 2. The number of rotatable bonds is 5. The van der Waals surface area contributed by atoms with E-state index >= 15 is 0 Å². The Bertz CT molecular complexity index is 379. The van der Waals surface area contributed by atoms with Crippen LogP contribution >= 0.6 is 11.3 Å². The summed E-state index contributed by atoms with van der Waals surface area (Å²) in [5.74, 6) is -0.432. The first kappa shape index (κ1) is 12.2. The van der Waals surface area contributed by atoms with Gasteiger partial charge >= 0.3 is 12.1 Å². The van der Waals surface area contributed by atoms with Crippen LogP contribution in [0.1, 0.15) is 9.67 Å². The van der Waals surface area contributed by atoms with Crippen LogP contribution in [0.5, 0.6) is 0 Å². The maximum atomic E-state index is 11.1. The van der Waals surface area contributed by atoms with Crippen molar-refractivity contribution in [3.05, 3.63) is 11.1 Å². The van der Waals surface area contributed by atoms with E-state index in [1.54, 1.807) is 0 Å². The summed E-state index contributed by atoms with van der Waals surface area (Å²) in [5.41, 5.74) is 4.77. The molecule has 0 radical (unpaired) electrons. The lowest BCUT2D eigenvalue weighted by Gasteiger charge is -2.01. The predicted octanol–water partition coefficient (Wildman–Crippen LogP) is 0.437. The standard InChI is InChI=1S/C8H11N3O4S/c1-14-6(12)5-4-11-8(16-5)10-2-3-15-7(9)13/h4H,2-3H2,1H3,(H2,9,13)(H,10,11). The largest absolute Gasteiger partial charge is 0.465 e. The van der Waals surface area contributed by atoms with Crippen molar-refractivity contribution < 1.29 is 19.1 Å². The summed E-state index contributed by atoms with van der Waals surface area (Å²) in [6, 6.07) is 0. The molecule has 0 aliphatic rings. The number of nitrogens with two attached hydrogens (primary N) is 1. The number of hydrogen-bond donors (Lipinski definition) is 2. The van der Waals surface area contributed by atoms with Gasteiger partial charge in [0.05, 0.1) is 19.9 Å². The molecular formula is C8H11N3O4S. The molecule has 0 saturated carbocycles. The SMILES string of the molecule is COC(=O)c1cnc(NCCOC(N)=O)s1. The van der Waals surface area contributed by atoms with Gasteiger partial charge in [0.1, 0.15) is 11.5 Å². The molecule has 7 nitrogen and oxygen atoms in total. The minimum absolute atomic E-state index is 0.141. The molecule has 16 heavy (non-hydrogen) atoms. The second-order valence-corrected chi connectivity index (χ2v) is 3.65. The lowest BCUT2D eigenvalue weighted by Crippen LogP contribution is -2.18. The third-order valence-corrected chi connectivity index (χ3v) is 2.45. The number of methoxy groups -OCH3 is 1. The molecule has 0 spiro atoms. The maximum absolute atomic E-state index is 11.1. The Morgan fingerprint density at radius 3 is 3.00 bits per heavy atom. The number of aromatic nitrogens is 1. The first-order chi connectivity index (χ1) is 7.63. The zero-order valence-electron chi connectivity index (χ0n) is 8.56. The van der Waals surface area contributed by atoms with E-state index in [4.69, 9.17) is 5.73 Å². The van der Waals surface area contributed by atoms with Crippen molar-refractivity contribution in [1.29, 1.82) is 0 Å². The molecule has 1 rings (SSSR count). The molecule has 0 fully saturated rings. The van der Waals surface area contributed by atoms with Gasteiger partial charge < -0.3 is 20.5 Å². The number of carbonyl (C=O) groups is 2. The van der Waals surface area contributed by atoms with Gasteiger partial charge in [-0.2, -0.15) is 0 Å². The highest BCUT2D eigenvalue weighted by molar-refractivity contribution is 7.17. The number of ether oxygens (including phenoxy) is 2. The van der Waals surface area contributed by atoms with Crippen molar-refractivity contribution in [3.63, 3.8) is 0 Å².